The number of anilines is 1. The molecule has 0 atom stereocenters. The standard InChI is InChI=1S/C11H9FN4O3/c1-6-4-7(16(18)19)5-8(10(6)12)11(17)14-9-2-3-13-15-9/h2-5H,1H3,(H2,13,14,15,17). The van der Waals surface area contributed by atoms with Gasteiger partial charge in [-0.3, -0.25) is 20.0 Å². The number of nitrogens with one attached hydrogen (secondary N) is 2. The molecular weight excluding hydrogens is 255 g/mol. The van der Waals surface area contributed by atoms with Crippen LogP contribution in [0.1, 0.15) is 15.9 Å². The van der Waals surface area contributed by atoms with Crippen molar-refractivity contribution in [2.24, 2.45) is 0 Å². The van der Waals surface area contributed by atoms with E-state index in [1.165, 1.54) is 19.2 Å². The van der Waals surface area contributed by atoms with E-state index in [9.17, 15) is 19.3 Å². The van der Waals surface area contributed by atoms with Crippen LogP contribution >= 0.6 is 0 Å². The van der Waals surface area contributed by atoms with E-state index in [4.69, 9.17) is 0 Å². The summed E-state index contributed by atoms with van der Waals surface area (Å²) in [7, 11) is 0. The third-order valence-electron chi connectivity index (χ3n) is 2.44. The highest BCUT2D eigenvalue weighted by atomic mass is 19.1. The lowest BCUT2D eigenvalue weighted by Crippen LogP contribution is -2.15. The van der Waals surface area contributed by atoms with Crippen LogP contribution in [0.3, 0.4) is 0 Å². The topological polar surface area (TPSA) is 101 Å². The summed E-state index contributed by atoms with van der Waals surface area (Å²) < 4.78 is 13.8. The lowest BCUT2D eigenvalue weighted by molar-refractivity contribution is -0.385. The molecule has 2 N–H and O–H groups in total. The van der Waals surface area contributed by atoms with Gasteiger partial charge in [-0.1, -0.05) is 0 Å². The number of non-ortho nitro benzene ring substituents is 1. The second-order valence-corrected chi connectivity index (χ2v) is 3.81. The molecule has 0 spiro atoms. The Morgan fingerprint density at radius 2 is 2.26 bits per heavy atom. The maximum atomic E-state index is 13.8. The third kappa shape index (κ3) is 2.57. The Morgan fingerprint density at radius 1 is 1.53 bits per heavy atom. The van der Waals surface area contributed by atoms with E-state index in [-0.39, 0.29) is 22.6 Å². The second-order valence-electron chi connectivity index (χ2n) is 3.81. The van der Waals surface area contributed by atoms with Crippen molar-refractivity contribution in [2.75, 3.05) is 5.32 Å². The van der Waals surface area contributed by atoms with Crippen LogP contribution in [0.2, 0.25) is 0 Å². The molecule has 8 heteroatoms. The zero-order valence-electron chi connectivity index (χ0n) is 9.81. The number of carbonyl (C=O) groups is 1. The Labute approximate surface area is 106 Å². The van der Waals surface area contributed by atoms with Gasteiger partial charge in [0.2, 0.25) is 0 Å². The third-order valence-corrected chi connectivity index (χ3v) is 2.44. The highest BCUT2D eigenvalue weighted by molar-refractivity contribution is 6.04. The molecule has 0 unspecified atom stereocenters. The SMILES string of the molecule is Cc1cc([N+](=O)[O-])cc(C(=O)Nc2ccn[nH]2)c1F. The molecule has 1 amide bonds. The van der Waals surface area contributed by atoms with E-state index < -0.39 is 16.6 Å². The number of aromatic amines is 1. The quantitative estimate of drug-likeness (QED) is 0.654. The lowest BCUT2D eigenvalue weighted by Gasteiger charge is -2.06. The van der Waals surface area contributed by atoms with Crippen molar-refractivity contribution in [3.63, 3.8) is 0 Å². The van der Waals surface area contributed by atoms with Crippen LogP contribution in [0.25, 0.3) is 0 Å². The van der Waals surface area contributed by atoms with Crippen LogP contribution in [0, 0.1) is 22.9 Å². The molecule has 0 aliphatic heterocycles. The number of nitro groups is 1. The molecule has 19 heavy (non-hydrogen) atoms. The molecule has 1 heterocycles. The molecule has 2 rings (SSSR count). The Kier molecular flexibility index (Phi) is 3.23. The maximum Gasteiger partial charge on any atom is 0.270 e. The van der Waals surface area contributed by atoms with E-state index >= 15 is 0 Å². The molecule has 1 aromatic carbocycles. The molecule has 0 fully saturated rings. The number of hydrogen-bond acceptors (Lipinski definition) is 4. The van der Waals surface area contributed by atoms with E-state index in [0.29, 0.717) is 0 Å². The molecule has 0 radical (unpaired) electrons. The molecule has 0 aliphatic carbocycles. The highest BCUT2D eigenvalue weighted by Crippen LogP contribution is 2.21. The van der Waals surface area contributed by atoms with Crippen LogP contribution in [0.15, 0.2) is 24.4 Å². The van der Waals surface area contributed by atoms with Gasteiger partial charge in [0.25, 0.3) is 11.6 Å². The van der Waals surface area contributed by atoms with Crippen LogP contribution in [-0.2, 0) is 0 Å². The molecule has 0 bridgehead atoms. The first kappa shape index (κ1) is 12.7. The van der Waals surface area contributed by atoms with Gasteiger partial charge in [-0.15, -0.1) is 0 Å². The normalized spacial score (nSPS) is 10.2. The van der Waals surface area contributed by atoms with Gasteiger partial charge in [0.15, 0.2) is 0 Å². The number of nitrogens with zero attached hydrogens (tertiary/aromatic N) is 2. The first-order valence-electron chi connectivity index (χ1n) is 5.24. The molecule has 98 valence electrons. The van der Waals surface area contributed by atoms with Crippen molar-refractivity contribution in [3.8, 4) is 0 Å². The Balaban J connectivity index is 2.38. The van der Waals surface area contributed by atoms with Gasteiger partial charge in [0.05, 0.1) is 16.7 Å². The Morgan fingerprint density at radius 3 is 2.84 bits per heavy atom. The minimum atomic E-state index is -0.789. The summed E-state index contributed by atoms with van der Waals surface area (Å²) in [5.74, 6) is -1.30. The number of carbonyl (C=O) groups excluding carboxylic acids is 1. The van der Waals surface area contributed by atoms with Crippen LogP contribution < -0.4 is 5.32 Å². The number of amides is 1. The number of nitro benzene ring substituents is 1. The average Bonchev–Trinajstić information content (AvgIpc) is 2.84. The fraction of sp³-hybridized carbons (Fsp3) is 0.0909. The van der Waals surface area contributed by atoms with E-state index in [0.717, 1.165) is 12.1 Å². The van der Waals surface area contributed by atoms with Crippen LogP contribution in [-0.4, -0.2) is 21.0 Å². The summed E-state index contributed by atoms with van der Waals surface area (Å²) in [6.45, 7) is 1.36. The summed E-state index contributed by atoms with van der Waals surface area (Å²) in [5.41, 5.74) is -0.695. The predicted molar refractivity (Wildman–Crippen MR) is 64.3 cm³/mol. The fourth-order valence-corrected chi connectivity index (χ4v) is 1.54. The summed E-state index contributed by atoms with van der Waals surface area (Å²) in [6.07, 6.45) is 1.41. The number of hydrogen-bond donors (Lipinski definition) is 2. The second kappa shape index (κ2) is 4.84. The van der Waals surface area contributed by atoms with Crippen molar-refractivity contribution in [2.45, 2.75) is 6.92 Å². The van der Waals surface area contributed by atoms with Gasteiger partial charge in [-0.05, 0) is 12.5 Å². The maximum absolute atomic E-state index is 13.8. The Hall–Kier alpha value is -2.77. The predicted octanol–water partition coefficient (Wildman–Crippen LogP) is 2.02. The Bertz CT molecular complexity index is 640. The van der Waals surface area contributed by atoms with Crippen LogP contribution in [0.5, 0.6) is 0 Å². The van der Waals surface area contributed by atoms with E-state index in [2.05, 4.69) is 15.5 Å². The van der Waals surface area contributed by atoms with Gasteiger partial charge < -0.3 is 5.32 Å². The first-order valence-corrected chi connectivity index (χ1v) is 5.24. The number of aryl methyl sites for hydroxylation is 1. The molecule has 0 saturated heterocycles. The van der Waals surface area contributed by atoms with Crippen molar-refractivity contribution >= 4 is 17.4 Å². The van der Waals surface area contributed by atoms with Crippen LogP contribution in [0.4, 0.5) is 15.9 Å². The van der Waals surface area contributed by atoms with E-state index in [1.807, 2.05) is 0 Å². The summed E-state index contributed by atoms with van der Waals surface area (Å²) in [5, 5.41) is 19.1. The average molecular weight is 264 g/mol. The van der Waals surface area contributed by atoms with Crippen molar-refractivity contribution in [1.82, 2.24) is 10.2 Å². The zero-order chi connectivity index (χ0) is 14.0. The lowest BCUT2D eigenvalue weighted by atomic mass is 10.1. The monoisotopic (exact) mass is 264 g/mol. The smallest absolute Gasteiger partial charge is 0.270 e. The largest absolute Gasteiger partial charge is 0.307 e. The van der Waals surface area contributed by atoms with Crippen molar-refractivity contribution in [3.05, 3.63) is 51.5 Å². The molecule has 1 aromatic heterocycles. The number of rotatable bonds is 3. The van der Waals surface area contributed by atoms with Gasteiger partial charge >= 0.3 is 0 Å². The summed E-state index contributed by atoms with van der Waals surface area (Å²) in [4.78, 5) is 21.8. The fourth-order valence-electron chi connectivity index (χ4n) is 1.54. The number of H-pyrrole nitrogens is 1. The van der Waals surface area contributed by atoms with E-state index in [1.54, 1.807) is 0 Å². The molecule has 0 saturated carbocycles. The van der Waals surface area contributed by atoms with Crippen molar-refractivity contribution < 1.29 is 14.1 Å². The minimum Gasteiger partial charge on any atom is -0.307 e. The first-order chi connectivity index (χ1) is 8.99. The molecule has 2 aromatic rings. The zero-order valence-corrected chi connectivity index (χ0v) is 9.81. The minimum absolute atomic E-state index is 0.0314. The van der Waals surface area contributed by atoms with Gasteiger partial charge in [-0.2, -0.15) is 5.10 Å². The molecule has 7 nitrogen and oxygen atoms in total. The number of halogens is 1. The van der Waals surface area contributed by atoms with Gasteiger partial charge in [0, 0.05) is 18.2 Å². The van der Waals surface area contributed by atoms with Crippen molar-refractivity contribution in [1.29, 1.82) is 0 Å². The number of benzene rings is 1. The molecular formula is C11H9FN4O3. The summed E-state index contributed by atoms with van der Waals surface area (Å²) in [6, 6.07) is 3.44. The van der Waals surface area contributed by atoms with Gasteiger partial charge in [-0.25, -0.2) is 4.39 Å². The highest BCUT2D eigenvalue weighted by Gasteiger charge is 2.19. The molecule has 0 aliphatic rings. The van der Waals surface area contributed by atoms with Gasteiger partial charge in [0.1, 0.15) is 11.6 Å². The number of aromatic nitrogens is 2. The summed E-state index contributed by atoms with van der Waals surface area (Å²) >= 11 is 0.